The smallest absolute Gasteiger partial charge is 0.142 e. The molecule has 14 heavy (non-hydrogen) atoms. The quantitative estimate of drug-likeness (QED) is 0.377. The van der Waals surface area contributed by atoms with Gasteiger partial charge in [0.2, 0.25) is 0 Å². The molecule has 0 radical (unpaired) electrons. The van der Waals surface area contributed by atoms with Crippen molar-refractivity contribution in [1.82, 2.24) is 0 Å². The minimum atomic E-state index is 0.228. The summed E-state index contributed by atoms with van der Waals surface area (Å²) in [4.78, 5) is 9.90. The topological polar surface area (TPSA) is 17.1 Å². The maximum absolute atomic E-state index is 9.90. The highest BCUT2D eigenvalue weighted by Crippen LogP contribution is 2.14. The summed E-state index contributed by atoms with van der Waals surface area (Å²) in [6.07, 6.45) is 15.7. The molecule has 76 valence electrons. The van der Waals surface area contributed by atoms with Crippen LogP contribution < -0.4 is 0 Å². The summed E-state index contributed by atoms with van der Waals surface area (Å²) in [7, 11) is 0. The first-order valence-electron chi connectivity index (χ1n) is 4.69. The predicted octanol–water partition coefficient (Wildman–Crippen LogP) is 3.46. The molecule has 0 unspecified atom stereocenters. The first-order valence-corrected chi connectivity index (χ1v) is 4.69. The van der Waals surface area contributed by atoms with Gasteiger partial charge in [-0.15, -0.1) is 0 Å². The fourth-order valence-corrected chi connectivity index (χ4v) is 0.710. The average Bonchev–Trinajstić information content (AvgIpc) is 2.08. The fraction of sp³-hybridized carbons (Fsp3) is 0.308. The molecule has 0 aromatic heterocycles. The molecule has 1 heteroatoms. The van der Waals surface area contributed by atoms with Crippen LogP contribution in [0.25, 0.3) is 0 Å². The van der Waals surface area contributed by atoms with E-state index in [4.69, 9.17) is 0 Å². The van der Waals surface area contributed by atoms with Gasteiger partial charge >= 0.3 is 0 Å². The Morgan fingerprint density at radius 1 is 0.714 bits per heavy atom. The molecule has 0 atom stereocenters. The molecular weight excluding hydrogens is 172 g/mol. The van der Waals surface area contributed by atoms with Crippen LogP contribution in [-0.4, -0.2) is 6.29 Å². The summed E-state index contributed by atoms with van der Waals surface area (Å²) in [6.45, 7) is 6.46. The van der Waals surface area contributed by atoms with E-state index in [0.29, 0.717) is 0 Å². The van der Waals surface area contributed by atoms with Gasteiger partial charge in [-0.2, -0.15) is 0 Å². The zero-order valence-electron chi connectivity index (χ0n) is 9.10. The number of carbonyl (C=O) groups is 1. The maximum Gasteiger partial charge on any atom is 0.142 e. The molecule has 0 aromatic rings. The normalized spacial score (nSPS) is 13.9. The third-order valence-corrected chi connectivity index (χ3v) is 1.34. The first kappa shape index (κ1) is 12.6. The molecule has 0 aliphatic heterocycles. The summed E-state index contributed by atoms with van der Waals surface area (Å²) in [6, 6.07) is 0. The van der Waals surface area contributed by atoms with Gasteiger partial charge in [-0.1, -0.05) is 63.3 Å². The van der Waals surface area contributed by atoms with Gasteiger partial charge in [0.1, 0.15) is 6.29 Å². The van der Waals surface area contributed by atoms with Gasteiger partial charge in [0.15, 0.2) is 0 Å². The first-order chi connectivity index (χ1) is 6.56. The Morgan fingerprint density at radius 2 is 1.14 bits per heavy atom. The number of carbonyl (C=O) groups excluding carboxylic acids is 1. The van der Waals surface area contributed by atoms with Crippen molar-refractivity contribution in [3.05, 3.63) is 48.6 Å². The number of hydrogen-bond acceptors (Lipinski definition) is 1. The summed E-state index contributed by atoms with van der Waals surface area (Å²) in [5.74, 6) is 0. The zero-order chi connectivity index (χ0) is 10.9. The van der Waals surface area contributed by atoms with Crippen LogP contribution in [0, 0.1) is 5.41 Å². The van der Waals surface area contributed by atoms with E-state index in [1.807, 2.05) is 30.4 Å². The number of hydrogen-bond donors (Lipinski definition) is 0. The lowest BCUT2D eigenvalue weighted by molar-refractivity contribution is -0.104. The second kappa shape index (κ2) is 7.07. The molecule has 0 amide bonds. The molecule has 0 N–H and O–H groups in total. The second-order valence-corrected chi connectivity index (χ2v) is 4.02. The van der Waals surface area contributed by atoms with Crippen molar-refractivity contribution in [3.63, 3.8) is 0 Å². The standard InChI is InChI=1S/C13H18O/c1-13(2,3)11-9-7-5-4-6-8-10-12-14/h4-12H,1-3H3/b6-4+,7-5+,10-8+,11-9+. The van der Waals surface area contributed by atoms with Crippen molar-refractivity contribution in [2.45, 2.75) is 20.8 Å². The van der Waals surface area contributed by atoms with Gasteiger partial charge in [-0.25, -0.2) is 0 Å². The third-order valence-electron chi connectivity index (χ3n) is 1.34. The summed E-state index contributed by atoms with van der Waals surface area (Å²) >= 11 is 0. The molecule has 0 aromatic carbocycles. The SMILES string of the molecule is CC(C)(C)/C=C/C=C/C=C/C=C/C=O. The lowest BCUT2D eigenvalue weighted by Gasteiger charge is -2.09. The lowest BCUT2D eigenvalue weighted by Crippen LogP contribution is -1.97. The van der Waals surface area contributed by atoms with E-state index in [1.54, 1.807) is 6.08 Å². The Balaban J connectivity index is 3.85. The Bertz CT molecular complexity index is 259. The number of aldehydes is 1. The Labute approximate surface area is 86.5 Å². The molecule has 0 aliphatic carbocycles. The van der Waals surface area contributed by atoms with Crippen molar-refractivity contribution >= 4 is 6.29 Å². The highest BCUT2D eigenvalue weighted by Gasteiger charge is 2.01. The van der Waals surface area contributed by atoms with Crippen LogP contribution >= 0.6 is 0 Å². The number of allylic oxidation sites excluding steroid dienone is 8. The predicted molar refractivity (Wildman–Crippen MR) is 62.1 cm³/mol. The Kier molecular flexibility index (Phi) is 6.38. The van der Waals surface area contributed by atoms with Gasteiger partial charge in [-0.05, 0) is 11.5 Å². The molecule has 0 bridgehead atoms. The summed E-state index contributed by atoms with van der Waals surface area (Å²) in [5, 5.41) is 0. The van der Waals surface area contributed by atoms with E-state index in [0.717, 1.165) is 6.29 Å². The van der Waals surface area contributed by atoms with E-state index in [-0.39, 0.29) is 5.41 Å². The zero-order valence-corrected chi connectivity index (χ0v) is 9.10. The molecular formula is C13H18O. The molecule has 1 nitrogen and oxygen atoms in total. The molecule has 0 aliphatic rings. The fourth-order valence-electron chi connectivity index (χ4n) is 0.710. The highest BCUT2D eigenvalue weighted by atomic mass is 16.1. The maximum atomic E-state index is 9.90. The average molecular weight is 190 g/mol. The largest absolute Gasteiger partial charge is 0.299 e. The van der Waals surface area contributed by atoms with Crippen LogP contribution in [0.5, 0.6) is 0 Å². The van der Waals surface area contributed by atoms with E-state index >= 15 is 0 Å². The van der Waals surface area contributed by atoms with E-state index < -0.39 is 0 Å². The van der Waals surface area contributed by atoms with E-state index in [9.17, 15) is 4.79 Å². The van der Waals surface area contributed by atoms with E-state index in [2.05, 4.69) is 26.8 Å². The third kappa shape index (κ3) is 10.6. The number of rotatable bonds is 4. The van der Waals surface area contributed by atoms with E-state index in [1.165, 1.54) is 6.08 Å². The second-order valence-electron chi connectivity index (χ2n) is 4.02. The van der Waals surface area contributed by atoms with Gasteiger partial charge in [0.05, 0.1) is 0 Å². The van der Waals surface area contributed by atoms with Crippen molar-refractivity contribution < 1.29 is 4.79 Å². The minimum absolute atomic E-state index is 0.228. The molecule has 0 heterocycles. The van der Waals surface area contributed by atoms with Crippen LogP contribution in [0.1, 0.15) is 20.8 Å². The Hall–Kier alpha value is -1.37. The van der Waals surface area contributed by atoms with Gasteiger partial charge in [0.25, 0.3) is 0 Å². The van der Waals surface area contributed by atoms with Crippen LogP contribution in [0.3, 0.4) is 0 Å². The van der Waals surface area contributed by atoms with Gasteiger partial charge in [0, 0.05) is 0 Å². The highest BCUT2D eigenvalue weighted by molar-refractivity contribution is 5.65. The molecule has 0 rings (SSSR count). The van der Waals surface area contributed by atoms with Crippen molar-refractivity contribution in [3.8, 4) is 0 Å². The lowest BCUT2D eigenvalue weighted by atomic mass is 9.96. The molecule has 0 fully saturated rings. The minimum Gasteiger partial charge on any atom is -0.299 e. The van der Waals surface area contributed by atoms with Crippen LogP contribution in [-0.2, 0) is 4.79 Å². The summed E-state index contributed by atoms with van der Waals surface area (Å²) in [5.41, 5.74) is 0.228. The van der Waals surface area contributed by atoms with Crippen LogP contribution in [0.2, 0.25) is 0 Å². The molecule has 0 saturated heterocycles. The van der Waals surface area contributed by atoms with Gasteiger partial charge in [-0.3, -0.25) is 4.79 Å². The van der Waals surface area contributed by atoms with Gasteiger partial charge < -0.3 is 0 Å². The van der Waals surface area contributed by atoms with Crippen molar-refractivity contribution in [2.24, 2.45) is 5.41 Å². The van der Waals surface area contributed by atoms with Crippen LogP contribution in [0.4, 0.5) is 0 Å². The van der Waals surface area contributed by atoms with Crippen LogP contribution in [0.15, 0.2) is 48.6 Å². The molecule has 0 saturated carbocycles. The molecule has 0 spiro atoms. The Morgan fingerprint density at radius 3 is 1.57 bits per heavy atom. The summed E-state index contributed by atoms with van der Waals surface area (Å²) < 4.78 is 0. The van der Waals surface area contributed by atoms with Crippen molar-refractivity contribution in [2.75, 3.05) is 0 Å². The monoisotopic (exact) mass is 190 g/mol. The van der Waals surface area contributed by atoms with Crippen molar-refractivity contribution in [1.29, 1.82) is 0 Å².